The molecule has 0 aliphatic carbocycles. The highest BCUT2D eigenvalue weighted by molar-refractivity contribution is 5.80. The van der Waals surface area contributed by atoms with Gasteiger partial charge in [0.25, 0.3) is 0 Å². The highest BCUT2D eigenvalue weighted by Gasteiger charge is 2.35. The molecule has 0 radical (unpaired) electrons. The van der Waals surface area contributed by atoms with Crippen LogP contribution in [-0.2, 0) is 20.9 Å². The van der Waals surface area contributed by atoms with Gasteiger partial charge in [-0.25, -0.2) is 0 Å². The van der Waals surface area contributed by atoms with E-state index in [1.807, 2.05) is 54.6 Å². The molecule has 1 saturated heterocycles. The molecule has 1 fully saturated rings. The molecule has 1 unspecified atom stereocenters. The number of rotatable bonds is 6. The molecule has 23 heavy (non-hydrogen) atoms. The van der Waals surface area contributed by atoms with Crippen molar-refractivity contribution < 1.29 is 19.0 Å². The Hall–Kier alpha value is -2.33. The van der Waals surface area contributed by atoms with Crippen LogP contribution >= 0.6 is 0 Å². The van der Waals surface area contributed by atoms with Gasteiger partial charge in [0.05, 0.1) is 26.2 Å². The third-order valence-electron chi connectivity index (χ3n) is 4.00. The van der Waals surface area contributed by atoms with E-state index in [0.717, 1.165) is 16.9 Å². The van der Waals surface area contributed by atoms with Crippen molar-refractivity contribution in [2.24, 2.45) is 0 Å². The topological polar surface area (TPSA) is 44.8 Å². The summed E-state index contributed by atoms with van der Waals surface area (Å²) in [6.45, 7) is 0.954. The number of ether oxygens (including phenoxy) is 3. The third-order valence-corrected chi connectivity index (χ3v) is 4.00. The van der Waals surface area contributed by atoms with E-state index in [0.29, 0.717) is 19.6 Å². The first-order valence-electron chi connectivity index (χ1n) is 7.72. The SMILES string of the molecule is COc1ccc(C2C[C@H](COCc3ccccc3)OC2=O)cc1. The number of hydrogen-bond donors (Lipinski definition) is 0. The number of hydrogen-bond acceptors (Lipinski definition) is 4. The molecule has 1 heterocycles. The van der Waals surface area contributed by atoms with Crippen molar-refractivity contribution in [1.29, 1.82) is 0 Å². The summed E-state index contributed by atoms with van der Waals surface area (Å²) in [4.78, 5) is 12.1. The van der Waals surface area contributed by atoms with E-state index in [1.54, 1.807) is 7.11 Å². The maximum Gasteiger partial charge on any atom is 0.313 e. The number of carbonyl (C=O) groups is 1. The Morgan fingerprint density at radius 2 is 1.83 bits per heavy atom. The van der Waals surface area contributed by atoms with Crippen LogP contribution in [0, 0.1) is 0 Å². The van der Waals surface area contributed by atoms with Crippen molar-refractivity contribution in [2.75, 3.05) is 13.7 Å². The predicted molar refractivity (Wildman–Crippen MR) is 86.3 cm³/mol. The van der Waals surface area contributed by atoms with Crippen LogP contribution in [0.1, 0.15) is 23.5 Å². The molecule has 0 spiro atoms. The van der Waals surface area contributed by atoms with Crippen molar-refractivity contribution in [3.8, 4) is 5.75 Å². The van der Waals surface area contributed by atoms with Crippen molar-refractivity contribution in [3.05, 3.63) is 65.7 Å². The summed E-state index contributed by atoms with van der Waals surface area (Å²) in [5.41, 5.74) is 2.07. The number of benzene rings is 2. The van der Waals surface area contributed by atoms with Gasteiger partial charge in [0.2, 0.25) is 0 Å². The van der Waals surface area contributed by atoms with E-state index in [9.17, 15) is 4.79 Å². The van der Waals surface area contributed by atoms with Gasteiger partial charge in [0.1, 0.15) is 11.9 Å². The molecule has 1 aliphatic heterocycles. The lowest BCUT2D eigenvalue weighted by Crippen LogP contribution is -2.14. The molecule has 4 nitrogen and oxygen atoms in total. The zero-order valence-corrected chi connectivity index (χ0v) is 13.1. The van der Waals surface area contributed by atoms with Crippen molar-refractivity contribution in [1.82, 2.24) is 0 Å². The highest BCUT2D eigenvalue weighted by Crippen LogP contribution is 2.31. The van der Waals surface area contributed by atoms with Crippen molar-refractivity contribution >= 4 is 5.97 Å². The highest BCUT2D eigenvalue weighted by atomic mass is 16.6. The Balaban J connectivity index is 1.52. The first kappa shape index (κ1) is 15.6. The lowest BCUT2D eigenvalue weighted by molar-refractivity contribution is -0.144. The summed E-state index contributed by atoms with van der Waals surface area (Å²) in [7, 11) is 1.62. The van der Waals surface area contributed by atoms with Crippen LogP contribution in [-0.4, -0.2) is 25.8 Å². The van der Waals surface area contributed by atoms with Crippen LogP contribution in [0.15, 0.2) is 54.6 Å². The second kappa shape index (κ2) is 7.29. The first-order valence-corrected chi connectivity index (χ1v) is 7.72. The zero-order valence-electron chi connectivity index (χ0n) is 13.1. The van der Waals surface area contributed by atoms with E-state index >= 15 is 0 Å². The summed E-state index contributed by atoms with van der Waals surface area (Å²) >= 11 is 0. The molecule has 0 aromatic heterocycles. The zero-order chi connectivity index (χ0) is 16.1. The van der Waals surface area contributed by atoms with Crippen LogP contribution in [0.3, 0.4) is 0 Å². The van der Waals surface area contributed by atoms with E-state index in [-0.39, 0.29) is 18.0 Å². The molecule has 0 saturated carbocycles. The van der Waals surface area contributed by atoms with Crippen LogP contribution in [0.2, 0.25) is 0 Å². The number of methoxy groups -OCH3 is 1. The fourth-order valence-electron chi connectivity index (χ4n) is 2.75. The van der Waals surface area contributed by atoms with Crippen molar-refractivity contribution in [2.45, 2.75) is 25.0 Å². The van der Waals surface area contributed by atoms with Gasteiger partial charge in [-0.3, -0.25) is 4.79 Å². The van der Waals surface area contributed by atoms with Gasteiger partial charge in [-0.05, 0) is 23.3 Å². The fraction of sp³-hybridized carbons (Fsp3) is 0.316. The van der Waals surface area contributed by atoms with E-state index < -0.39 is 0 Å². The molecule has 4 heteroatoms. The Kier molecular flexibility index (Phi) is 4.93. The van der Waals surface area contributed by atoms with Crippen LogP contribution in [0.25, 0.3) is 0 Å². The second-order valence-electron chi connectivity index (χ2n) is 5.62. The fourth-order valence-corrected chi connectivity index (χ4v) is 2.75. The molecular formula is C19H20O4. The van der Waals surface area contributed by atoms with Gasteiger partial charge in [-0.2, -0.15) is 0 Å². The Labute approximate surface area is 136 Å². The molecule has 0 bridgehead atoms. The first-order chi connectivity index (χ1) is 11.3. The quantitative estimate of drug-likeness (QED) is 0.768. The van der Waals surface area contributed by atoms with Gasteiger partial charge in [-0.15, -0.1) is 0 Å². The summed E-state index contributed by atoms with van der Waals surface area (Å²) in [6, 6.07) is 17.5. The molecular weight excluding hydrogens is 292 g/mol. The minimum Gasteiger partial charge on any atom is -0.497 e. The molecule has 3 rings (SSSR count). The Morgan fingerprint density at radius 3 is 2.52 bits per heavy atom. The predicted octanol–water partition coefficient (Wildman–Crippen LogP) is 3.31. The molecule has 0 N–H and O–H groups in total. The van der Waals surface area contributed by atoms with Crippen LogP contribution in [0.4, 0.5) is 0 Å². The van der Waals surface area contributed by atoms with Gasteiger partial charge >= 0.3 is 5.97 Å². The molecule has 0 amide bonds. The van der Waals surface area contributed by atoms with Crippen molar-refractivity contribution in [3.63, 3.8) is 0 Å². The van der Waals surface area contributed by atoms with E-state index in [2.05, 4.69) is 0 Å². The average molecular weight is 312 g/mol. The lowest BCUT2D eigenvalue weighted by Gasteiger charge is -2.10. The maximum absolute atomic E-state index is 12.1. The lowest BCUT2D eigenvalue weighted by atomic mass is 9.96. The minimum absolute atomic E-state index is 0.177. The minimum atomic E-state index is -0.216. The standard InChI is InChI=1S/C19H20O4/c1-21-16-9-7-15(8-10-16)18-11-17(23-19(18)20)13-22-12-14-5-3-2-4-6-14/h2-10,17-18H,11-13H2,1H3/t17-,18?/m1/s1. The monoisotopic (exact) mass is 312 g/mol. The molecule has 1 aliphatic rings. The smallest absolute Gasteiger partial charge is 0.313 e. The number of carbonyl (C=O) groups excluding carboxylic acids is 1. The van der Waals surface area contributed by atoms with Crippen LogP contribution in [0.5, 0.6) is 5.75 Å². The number of esters is 1. The molecule has 2 atom stereocenters. The summed E-state index contributed by atoms with van der Waals surface area (Å²) in [5.74, 6) is 0.387. The second-order valence-corrected chi connectivity index (χ2v) is 5.62. The maximum atomic E-state index is 12.1. The van der Waals surface area contributed by atoms with Gasteiger partial charge in [-0.1, -0.05) is 42.5 Å². The van der Waals surface area contributed by atoms with E-state index in [4.69, 9.17) is 14.2 Å². The largest absolute Gasteiger partial charge is 0.497 e. The van der Waals surface area contributed by atoms with Gasteiger partial charge < -0.3 is 14.2 Å². The molecule has 2 aromatic rings. The summed E-state index contributed by atoms with van der Waals surface area (Å²) in [5, 5.41) is 0. The molecule has 2 aromatic carbocycles. The number of cyclic esters (lactones) is 1. The Bertz CT molecular complexity index is 636. The average Bonchev–Trinajstić information content (AvgIpc) is 2.97. The summed E-state index contributed by atoms with van der Waals surface area (Å²) < 4.78 is 16.2. The normalized spacial score (nSPS) is 20.3. The Morgan fingerprint density at radius 1 is 1.09 bits per heavy atom. The van der Waals surface area contributed by atoms with Gasteiger partial charge in [0, 0.05) is 6.42 Å². The third kappa shape index (κ3) is 3.90. The van der Waals surface area contributed by atoms with Gasteiger partial charge in [0.15, 0.2) is 0 Å². The summed E-state index contributed by atoms with van der Waals surface area (Å²) in [6.07, 6.45) is 0.471. The van der Waals surface area contributed by atoms with E-state index in [1.165, 1.54) is 0 Å². The molecule has 120 valence electrons. The van der Waals surface area contributed by atoms with Crippen LogP contribution < -0.4 is 4.74 Å².